The van der Waals surface area contributed by atoms with Gasteiger partial charge in [-0.05, 0) is 6.92 Å². The first kappa shape index (κ1) is 13.0. The molecule has 0 saturated carbocycles. The Morgan fingerprint density at radius 1 is 1.50 bits per heavy atom. The number of carbonyl (C=O) groups excluding carboxylic acids is 2. The quantitative estimate of drug-likeness (QED) is 0.691. The molecular formula is C11H20N2O3. The van der Waals surface area contributed by atoms with Crippen molar-refractivity contribution in [3.63, 3.8) is 0 Å². The number of amides is 1. The van der Waals surface area contributed by atoms with Crippen LogP contribution in [0.1, 0.15) is 20.8 Å². The molecule has 1 unspecified atom stereocenters. The summed E-state index contributed by atoms with van der Waals surface area (Å²) in [5.41, 5.74) is 0. The number of nitrogens with zero attached hydrogens (tertiary/aromatic N) is 1. The molecule has 0 radical (unpaired) electrons. The van der Waals surface area contributed by atoms with E-state index in [4.69, 9.17) is 4.74 Å². The van der Waals surface area contributed by atoms with Crippen LogP contribution in [-0.4, -0.2) is 49.1 Å². The monoisotopic (exact) mass is 228 g/mol. The standard InChI is InChI=1S/C11H20N2O3/c1-4-16-11(15)9-7-12-5-6-13(9)10(14)8(2)3/h8-9,12H,4-7H2,1-3H3. The van der Waals surface area contributed by atoms with Crippen LogP contribution in [0.25, 0.3) is 0 Å². The molecule has 5 heteroatoms. The van der Waals surface area contributed by atoms with E-state index in [0.717, 1.165) is 6.54 Å². The molecule has 1 atom stereocenters. The summed E-state index contributed by atoms with van der Waals surface area (Å²) in [4.78, 5) is 25.2. The molecule has 16 heavy (non-hydrogen) atoms. The highest BCUT2D eigenvalue weighted by molar-refractivity contribution is 5.86. The minimum absolute atomic E-state index is 0.0135. The molecule has 0 bridgehead atoms. The molecule has 1 amide bonds. The van der Waals surface area contributed by atoms with Crippen molar-refractivity contribution in [1.82, 2.24) is 10.2 Å². The number of carbonyl (C=O) groups is 2. The van der Waals surface area contributed by atoms with Gasteiger partial charge in [-0.3, -0.25) is 4.79 Å². The van der Waals surface area contributed by atoms with Crippen molar-refractivity contribution < 1.29 is 14.3 Å². The van der Waals surface area contributed by atoms with Gasteiger partial charge in [0.15, 0.2) is 0 Å². The first-order chi connectivity index (χ1) is 7.57. The number of esters is 1. The summed E-state index contributed by atoms with van der Waals surface area (Å²) in [5.74, 6) is -0.390. The van der Waals surface area contributed by atoms with Gasteiger partial charge in [-0.2, -0.15) is 0 Å². The summed E-state index contributed by atoms with van der Waals surface area (Å²) in [6.07, 6.45) is 0. The van der Waals surface area contributed by atoms with Gasteiger partial charge in [0.2, 0.25) is 5.91 Å². The van der Waals surface area contributed by atoms with Gasteiger partial charge < -0.3 is 15.0 Å². The van der Waals surface area contributed by atoms with Crippen LogP contribution in [0.4, 0.5) is 0 Å². The van der Waals surface area contributed by atoms with Crippen LogP contribution < -0.4 is 5.32 Å². The van der Waals surface area contributed by atoms with Crippen molar-refractivity contribution in [2.45, 2.75) is 26.8 Å². The topological polar surface area (TPSA) is 58.6 Å². The van der Waals surface area contributed by atoms with E-state index in [1.807, 2.05) is 13.8 Å². The molecule has 1 rings (SSSR count). The van der Waals surface area contributed by atoms with Crippen molar-refractivity contribution in [1.29, 1.82) is 0 Å². The van der Waals surface area contributed by atoms with Gasteiger partial charge in [-0.15, -0.1) is 0 Å². The largest absolute Gasteiger partial charge is 0.464 e. The number of nitrogens with one attached hydrogen (secondary N) is 1. The molecule has 1 heterocycles. The maximum absolute atomic E-state index is 11.9. The van der Waals surface area contributed by atoms with Crippen molar-refractivity contribution >= 4 is 11.9 Å². The minimum Gasteiger partial charge on any atom is -0.464 e. The summed E-state index contributed by atoms with van der Waals surface area (Å²) in [6, 6.07) is -0.469. The van der Waals surface area contributed by atoms with Crippen LogP contribution in [-0.2, 0) is 14.3 Å². The molecule has 0 aliphatic carbocycles. The first-order valence-electron chi connectivity index (χ1n) is 5.75. The van der Waals surface area contributed by atoms with Crippen LogP contribution >= 0.6 is 0 Å². The second-order valence-corrected chi connectivity index (χ2v) is 4.16. The second kappa shape index (κ2) is 5.84. The fraction of sp³-hybridized carbons (Fsp3) is 0.818. The predicted molar refractivity (Wildman–Crippen MR) is 59.8 cm³/mol. The van der Waals surface area contributed by atoms with E-state index in [9.17, 15) is 9.59 Å². The van der Waals surface area contributed by atoms with Crippen LogP contribution in [0, 0.1) is 5.92 Å². The molecule has 1 N–H and O–H groups in total. The van der Waals surface area contributed by atoms with Crippen molar-refractivity contribution in [3.8, 4) is 0 Å². The fourth-order valence-electron chi connectivity index (χ4n) is 1.75. The molecule has 0 aromatic rings. The number of piperazine rings is 1. The Morgan fingerprint density at radius 2 is 2.19 bits per heavy atom. The molecule has 0 spiro atoms. The normalized spacial score (nSPS) is 21.0. The highest BCUT2D eigenvalue weighted by Crippen LogP contribution is 2.10. The number of hydrogen-bond donors (Lipinski definition) is 1. The third kappa shape index (κ3) is 2.95. The van der Waals surface area contributed by atoms with Gasteiger partial charge in [-0.25, -0.2) is 4.79 Å². The fourth-order valence-corrected chi connectivity index (χ4v) is 1.75. The lowest BCUT2D eigenvalue weighted by atomic mass is 10.1. The molecule has 1 aliphatic rings. The lowest BCUT2D eigenvalue weighted by Crippen LogP contribution is -2.58. The minimum atomic E-state index is -0.469. The van der Waals surface area contributed by atoms with Gasteiger partial charge in [0.25, 0.3) is 0 Å². The van der Waals surface area contributed by atoms with Gasteiger partial charge in [0, 0.05) is 25.6 Å². The average molecular weight is 228 g/mol. The van der Waals surface area contributed by atoms with E-state index < -0.39 is 6.04 Å². The van der Waals surface area contributed by atoms with E-state index in [-0.39, 0.29) is 17.8 Å². The number of ether oxygens (including phenoxy) is 1. The Balaban J connectivity index is 2.71. The Bertz CT molecular complexity index is 266. The van der Waals surface area contributed by atoms with E-state index in [2.05, 4.69) is 5.32 Å². The predicted octanol–water partition coefficient (Wildman–Crippen LogP) is 0.00590. The molecule has 1 saturated heterocycles. The molecule has 5 nitrogen and oxygen atoms in total. The van der Waals surface area contributed by atoms with E-state index >= 15 is 0 Å². The van der Waals surface area contributed by atoms with E-state index in [1.54, 1.807) is 11.8 Å². The molecule has 0 aromatic carbocycles. The summed E-state index contributed by atoms with van der Waals surface area (Å²) >= 11 is 0. The molecule has 92 valence electrons. The zero-order chi connectivity index (χ0) is 12.1. The highest BCUT2D eigenvalue weighted by atomic mass is 16.5. The van der Waals surface area contributed by atoms with Crippen molar-refractivity contribution in [2.24, 2.45) is 5.92 Å². The number of hydrogen-bond acceptors (Lipinski definition) is 4. The third-order valence-electron chi connectivity index (χ3n) is 2.58. The Morgan fingerprint density at radius 3 is 2.75 bits per heavy atom. The SMILES string of the molecule is CCOC(=O)C1CNCCN1C(=O)C(C)C. The lowest BCUT2D eigenvalue weighted by Gasteiger charge is -2.35. The van der Waals surface area contributed by atoms with Crippen LogP contribution in [0.15, 0.2) is 0 Å². The van der Waals surface area contributed by atoms with Crippen LogP contribution in [0.2, 0.25) is 0 Å². The Hall–Kier alpha value is -1.10. The highest BCUT2D eigenvalue weighted by Gasteiger charge is 2.33. The number of rotatable bonds is 3. The molecule has 0 aromatic heterocycles. The van der Waals surface area contributed by atoms with Gasteiger partial charge >= 0.3 is 5.97 Å². The summed E-state index contributed by atoms with van der Waals surface area (Å²) in [6.45, 7) is 7.58. The van der Waals surface area contributed by atoms with Gasteiger partial charge in [0.1, 0.15) is 6.04 Å². The Labute approximate surface area is 96.1 Å². The zero-order valence-corrected chi connectivity index (χ0v) is 10.2. The van der Waals surface area contributed by atoms with Crippen LogP contribution in [0.3, 0.4) is 0 Å². The molecular weight excluding hydrogens is 208 g/mol. The van der Waals surface area contributed by atoms with Gasteiger partial charge in [-0.1, -0.05) is 13.8 Å². The maximum atomic E-state index is 11.9. The lowest BCUT2D eigenvalue weighted by molar-refractivity contribution is -0.156. The summed E-state index contributed by atoms with van der Waals surface area (Å²) in [5, 5.41) is 3.10. The maximum Gasteiger partial charge on any atom is 0.330 e. The third-order valence-corrected chi connectivity index (χ3v) is 2.58. The van der Waals surface area contributed by atoms with E-state index in [1.165, 1.54) is 0 Å². The average Bonchev–Trinajstić information content (AvgIpc) is 2.28. The van der Waals surface area contributed by atoms with Crippen molar-refractivity contribution in [2.75, 3.05) is 26.2 Å². The van der Waals surface area contributed by atoms with Gasteiger partial charge in [0.05, 0.1) is 6.61 Å². The van der Waals surface area contributed by atoms with Crippen molar-refractivity contribution in [3.05, 3.63) is 0 Å². The molecule has 1 fully saturated rings. The molecule has 1 aliphatic heterocycles. The summed E-state index contributed by atoms with van der Waals surface area (Å²) < 4.78 is 4.97. The zero-order valence-electron chi connectivity index (χ0n) is 10.2. The first-order valence-corrected chi connectivity index (χ1v) is 5.75. The van der Waals surface area contributed by atoms with E-state index in [0.29, 0.717) is 19.7 Å². The smallest absolute Gasteiger partial charge is 0.330 e. The summed E-state index contributed by atoms with van der Waals surface area (Å²) in [7, 11) is 0. The Kier molecular flexibility index (Phi) is 4.73. The second-order valence-electron chi connectivity index (χ2n) is 4.16. The van der Waals surface area contributed by atoms with Crippen LogP contribution in [0.5, 0.6) is 0 Å².